The Kier molecular flexibility index (Phi) is 10.2. The van der Waals surface area contributed by atoms with E-state index in [0.717, 1.165) is 12.3 Å². The largest absolute Gasteiger partial charge is 0.432 e. The third kappa shape index (κ3) is 7.74. The fraction of sp³-hybridized carbons (Fsp3) is 0.219. The summed E-state index contributed by atoms with van der Waals surface area (Å²) >= 11 is 6.21. The van der Waals surface area contributed by atoms with Crippen LogP contribution in [0.15, 0.2) is 77.9 Å². The molecule has 260 valence electrons. The van der Waals surface area contributed by atoms with Gasteiger partial charge in [-0.2, -0.15) is 18.3 Å². The van der Waals surface area contributed by atoms with Gasteiger partial charge in [0.2, 0.25) is 11.8 Å². The SMILES string of the molecule is CC1CCCC(n2cnc(-c3cc(Cl)ccc3N(N)/C=C(\N)C(F)(F)F)cc2=O)c2cc(ccn2)-c2nn(/C(C=N)=C/C(N)=O)cc2NC1=O. The molecule has 5 rings (SSSR count). The van der Waals surface area contributed by atoms with E-state index in [1.807, 2.05) is 0 Å². The van der Waals surface area contributed by atoms with Gasteiger partial charge in [-0.25, -0.2) is 15.5 Å². The fourth-order valence-electron chi connectivity index (χ4n) is 5.36. The average molecular weight is 710 g/mol. The minimum absolute atomic E-state index is 0.0472. The highest BCUT2D eigenvalue weighted by atomic mass is 35.5. The summed E-state index contributed by atoms with van der Waals surface area (Å²) in [6.07, 6.45) is 3.24. The van der Waals surface area contributed by atoms with Crippen molar-refractivity contribution < 1.29 is 22.8 Å². The van der Waals surface area contributed by atoms with Crippen LogP contribution >= 0.6 is 11.6 Å². The lowest BCUT2D eigenvalue weighted by molar-refractivity contribution is -0.119. The Morgan fingerprint density at radius 3 is 2.58 bits per heavy atom. The van der Waals surface area contributed by atoms with Gasteiger partial charge in [0.15, 0.2) is 0 Å². The Labute approximate surface area is 287 Å². The molecular weight excluding hydrogens is 679 g/mol. The molecule has 4 aromatic rings. The van der Waals surface area contributed by atoms with Crippen LogP contribution in [0.5, 0.6) is 0 Å². The van der Waals surface area contributed by atoms with Crippen molar-refractivity contribution in [2.45, 2.75) is 38.4 Å². The third-order valence-electron chi connectivity index (χ3n) is 7.92. The average Bonchev–Trinajstić information content (AvgIpc) is 3.48. The zero-order chi connectivity index (χ0) is 36.3. The van der Waals surface area contributed by atoms with E-state index >= 15 is 0 Å². The van der Waals surface area contributed by atoms with Crippen molar-refractivity contribution in [2.24, 2.45) is 23.2 Å². The number of benzene rings is 1. The number of pyridine rings is 1. The normalized spacial score (nSPS) is 17.2. The number of fused-ring (bicyclic) bond motifs is 4. The Hall–Kier alpha value is -5.81. The number of rotatable bonds is 7. The van der Waals surface area contributed by atoms with Crippen molar-refractivity contribution in [3.8, 4) is 22.5 Å². The molecule has 0 saturated carbocycles. The van der Waals surface area contributed by atoms with Crippen LogP contribution < -0.4 is 33.2 Å². The molecule has 2 amide bonds. The Balaban J connectivity index is 1.59. The van der Waals surface area contributed by atoms with Crippen molar-refractivity contribution in [3.05, 3.63) is 94.2 Å². The van der Waals surface area contributed by atoms with Gasteiger partial charge in [0.05, 0.1) is 47.0 Å². The van der Waals surface area contributed by atoms with Crippen LogP contribution in [0.3, 0.4) is 0 Å². The zero-order valence-corrected chi connectivity index (χ0v) is 27.1. The number of primary amides is 1. The summed E-state index contributed by atoms with van der Waals surface area (Å²) in [5.41, 5.74) is 10.5. The number of allylic oxidation sites excluding steroid dienone is 2. The molecule has 0 radical (unpaired) electrons. The predicted octanol–water partition coefficient (Wildman–Crippen LogP) is 4.19. The molecular formula is C32H31ClF3N11O3. The molecule has 2 atom stereocenters. The van der Waals surface area contributed by atoms with Crippen molar-refractivity contribution >= 4 is 46.7 Å². The van der Waals surface area contributed by atoms with Crippen LogP contribution in [0.4, 0.5) is 24.5 Å². The first-order chi connectivity index (χ1) is 23.7. The molecule has 2 bridgehead atoms. The summed E-state index contributed by atoms with van der Waals surface area (Å²) in [5.74, 6) is 4.41. The van der Waals surface area contributed by atoms with Gasteiger partial charge in [-0.1, -0.05) is 24.9 Å². The lowest BCUT2D eigenvalue weighted by Crippen LogP contribution is -2.30. The molecule has 4 heterocycles. The van der Waals surface area contributed by atoms with Crippen molar-refractivity contribution in [1.82, 2.24) is 24.3 Å². The van der Waals surface area contributed by atoms with Crippen LogP contribution in [0.2, 0.25) is 5.02 Å². The molecule has 1 aromatic carbocycles. The second-order valence-electron chi connectivity index (χ2n) is 11.4. The van der Waals surface area contributed by atoms with Gasteiger partial charge in [0.1, 0.15) is 11.4 Å². The number of carbonyl (C=O) groups excluding carboxylic acids is 2. The number of anilines is 2. The van der Waals surface area contributed by atoms with Gasteiger partial charge in [0, 0.05) is 52.8 Å². The molecule has 50 heavy (non-hydrogen) atoms. The number of nitrogens with one attached hydrogen (secondary N) is 2. The molecule has 18 heteroatoms. The Bertz CT molecular complexity index is 2090. The second kappa shape index (κ2) is 14.4. The molecule has 0 fully saturated rings. The summed E-state index contributed by atoms with van der Waals surface area (Å²) < 4.78 is 41.9. The van der Waals surface area contributed by atoms with Gasteiger partial charge in [-0.3, -0.25) is 28.9 Å². The number of nitrogens with two attached hydrogens (primary N) is 3. The maximum absolute atomic E-state index is 13.8. The number of hydrogen-bond donors (Lipinski definition) is 5. The van der Waals surface area contributed by atoms with E-state index < -0.39 is 35.3 Å². The summed E-state index contributed by atoms with van der Waals surface area (Å²) in [5, 5.41) is 16.0. The van der Waals surface area contributed by atoms with Gasteiger partial charge in [-0.05, 0) is 43.2 Å². The van der Waals surface area contributed by atoms with Crippen molar-refractivity contribution in [3.63, 3.8) is 0 Å². The van der Waals surface area contributed by atoms with Gasteiger partial charge in [-0.15, -0.1) is 0 Å². The Morgan fingerprint density at radius 1 is 1.14 bits per heavy atom. The van der Waals surface area contributed by atoms with Gasteiger partial charge in [0.25, 0.3) is 5.56 Å². The first kappa shape index (κ1) is 35.5. The van der Waals surface area contributed by atoms with Gasteiger partial charge < -0.3 is 22.2 Å². The minimum atomic E-state index is -4.82. The number of amides is 2. The van der Waals surface area contributed by atoms with Crippen molar-refractivity contribution in [2.75, 3.05) is 10.3 Å². The van der Waals surface area contributed by atoms with E-state index in [-0.39, 0.29) is 33.6 Å². The lowest BCUT2D eigenvalue weighted by atomic mass is 9.97. The third-order valence-corrected chi connectivity index (χ3v) is 8.16. The lowest BCUT2D eigenvalue weighted by Gasteiger charge is -2.22. The van der Waals surface area contributed by atoms with Crippen molar-refractivity contribution in [1.29, 1.82) is 5.41 Å². The number of carbonyl (C=O) groups is 2. The quantitative estimate of drug-likeness (QED) is 0.0803. The maximum atomic E-state index is 13.8. The molecule has 1 aliphatic heterocycles. The molecule has 14 nitrogen and oxygen atoms in total. The smallest absolute Gasteiger partial charge is 0.393 e. The number of hydrazine groups is 1. The summed E-state index contributed by atoms with van der Waals surface area (Å²) in [6.45, 7) is 1.76. The molecule has 3 aromatic heterocycles. The van der Waals surface area contributed by atoms with Crippen LogP contribution in [-0.2, 0) is 9.59 Å². The highest BCUT2D eigenvalue weighted by Crippen LogP contribution is 2.34. The van der Waals surface area contributed by atoms with Crippen LogP contribution in [0, 0.1) is 11.3 Å². The van der Waals surface area contributed by atoms with E-state index in [9.17, 15) is 27.6 Å². The highest BCUT2D eigenvalue weighted by molar-refractivity contribution is 6.31. The van der Waals surface area contributed by atoms with Crippen LogP contribution in [-0.4, -0.2) is 48.5 Å². The summed E-state index contributed by atoms with van der Waals surface area (Å²) in [7, 11) is 0. The molecule has 1 aliphatic rings. The van der Waals surface area contributed by atoms with E-state index in [1.54, 1.807) is 19.1 Å². The second-order valence-corrected chi connectivity index (χ2v) is 11.9. The standard InChI is InChI=1S/C32H31ClF3N11O3/c1-17-3-2-4-26(23-9-18(7-8-41-23)30-24(43-31(17)50)14-47(44-30)20(13-37)11-28(39)48)45-16-42-22(12-29(45)49)21-10-19(33)5-6-25(21)46(40)15-27(38)32(34,35)36/h5-17,26,37H,2-4,38,40H2,1H3,(H2,39,48)(H,43,50)/b20-11+,27-15-,37-13?. The number of aromatic nitrogens is 5. The van der Waals surface area contributed by atoms with Crippen LogP contribution in [0.1, 0.15) is 37.9 Å². The zero-order valence-electron chi connectivity index (χ0n) is 26.4. The highest BCUT2D eigenvalue weighted by Gasteiger charge is 2.32. The molecule has 8 N–H and O–H groups in total. The number of nitrogens with zero attached hydrogens (tertiary/aromatic N) is 6. The van der Waals surface area contributed by atoms with Crippen LogP contribution in [0.25, 0.3) is 28.2 Å². The first-order valence-electron chi connectivity index (χ1n) is 15.0. The number of hydrogen-bond acceptors (Lipinski definition) is 10. The number of halogens is 4. The minimum Gasteiger partial charge on any atom is -0.393 e. The maximum Gasteiger partial charge on any atom is 0.432 e. The summed E-state index contributed by atoms with van der Waals surface area (Å²) in [6, 6.07) is 8.11. The van der Waals surface area contributed by atoms with Gasteiger partial charge >= 0.3 is 6.18 Å². The van der Waals surface area contributed by atoms with E-state index in [4.69, 9.17) is 34.3 Å². The molecule has 2 unspecified atom stereocenters. The molecule has 0 saturated heterocycles. The molecule has 0 aliphatic carbocycles. The fourth-order valence-corrected chi connectivity index (χ4v) is 5.54. The monoisotopic (exact) mass is 709 g/mol. The van der Waals surface area contributed by atoms with E-state index in [1.165, 1.54) is 52.2 Å². The van der Waals surface area contributed by atoms with E-state index in [0.29, 0.717) is 53.1 Å². The van der Waals surface area contributed by atoms with E-state index in [2.05, 4.69) is 20.4 Å². The topological polar surface area (TPSA) is 217 Å². The molecule has 0 spiro atoms. The predicted molar refractivity (Wildman–Crippen MR) is 181 cm³/mol. The number of alkyl halides is 3. The summed E-state index contributed by atoms with van der Waals surface area (Å²) in [4.78, 5) is 47.5. The first-order valence-corrected chi connectivity index (χ1v) is 15.4. The Morgan fingerprint density at radius 2 is 1.90 bits per heavy atom.